The van der Waals surface area contributed by atoms with Gasteiger partial charge in [-0.25, -0.2) is 4.98 Å². The SMILES string of the molecule is CCCc1ccc(Nc2nc(Nc3ccc(OCC)cc3)ncc2C(F)(F)F)cc1. The lowest BCUT2D eigenvalue weighted by molar-refractivity contribution is -0.137. The second-order valence-electron chi connectivity index (χ2n) is 6.61. The number of nitrogens with one attached hydrogen (secondary N) is 2. The molecule has 0 spiro atoms. The van der Waals surface area contributed by atoms with Crippen LogP contribution in [0.3, 0.4) is 0 Å². The molecule has 8 heteroatoms. The summed E-state index contributed by atoms with van der Waals surface area (Å²) in [6.45, 7) is 4.50. The monoisotopic (exact) mass is 416 g/mol. The fraction of sp³-hybridized carbons (Fsp3) is 0.273. The Morgan fingerprint density at radius 1 is 0.900 bits per heavy atom. The number of aryl methyl sites for hydroxylation is 1. The van der Waals surface area contributed by atoms with Crippen molar-refractivity contribution < 1.29 is 17.9 Å². The first-order valence-electron chi connectivity index (χ1n) is 9.69. The highest BCUT2D eigenvalue weighted by Gasteiger charge is 2.35. The number of alkyl halides is 3. The molecule has 0 aliphatic rings. The van der Waals surface area contributed by atoms with Crippen molar-refractivity contribution in [2.75, 3.05) is 17.2 Å². The van der Waals surface area contributed by atoms with E-state index >= 15 is 0 Å². The number of hydrogen-bond donors (Lipinski definition) is 2. The summed E-state index contributed by atoms with van der Waals surface area (Å²) >= 11 is 0. The molecule has 30 heavy (non-hydrogen) atoms. The first-order chi connectivity index (χ1) is 14.4. The van der Waals surface area contributed by atoms with Gasteiger partial charge in [-0.3, -0.25) is 0 Å². The van der Waals surface area contributed by atoms with Crippen molar-refractivity contribution in [3.8, 4) is 5.75 Å². The van der Waals surface area contributed by atoms with E-state index in [4.69, 9.17) is 4.74 Å². The molecule has 0 saturated heterocycles. The molecular formula is C22H23F3N4O. The van der Waals surface area contributed by atoms with Crippen molar-refractivity contribution in [3.63, 3.8) is 0 Å². The van der Waals surface area contributed by atoms with Gasteiger partial charge in [0.15, 0.2) is 0 Å². The predicted octanol–water partition coefficient (Wildman–Crippen LogP) is 6.33. The Balaban J connectivity index is 1.84. The first kappa shape index (κ1) is 21.4. The van der Waals surface area contributed by atoms with E-state index in [0.717, 1.165) is 24.6 Å². The lowest BCUT2D eigenvalue weighted by Crippen LogP contribution is -2.12. The van der Waals surface area contributed by atoms with Gasteiger partial charge in [-0.1, -0.05) is 25.5 Å². The molecule has 158 valence electrons. The molecule has 0 unspecified atom stereocenters. The van der Waals surface area contributed by atoms with E-state index in [1.54, 1.807) is 36.4 Å². The van der Waals surface area contributed by atoms with E-state index in [-0.39, 0.29) is 11.8 Å². The van der Waals surface area contributed by atoms with Crippen LogP contribution in [0.4, 0.5) is 36.3 Å². The summed E-state index contributed by atoms with van der Waals surface area (Å²) in [4.78, 5) is 7.89. The standard InChI is InChI=1S/C22H23F3N4O/c1-3-5-15-6-8-16(9-7-15)27-20-19(22(23,24)25)14-26-21(29-20)28-17-10-12-18(13-11-17)30-4-2/h6-14H,3-5H2,1-2H3,(H2,26,27,28,29). The van der Waals surface area contributed by atoms with E-state index in [0.29, 0.717) is 23.7 Å². The number of rotatable bonds is 8. The molecule has 0 radical (unpaired) electrons. The van der Waals surface area contributed by atoms with Gasteiger partial charge in [0.1, 0.15) is 17.1 Å². The van der Waals surface area contributed by atoms with Crippen LogP contribution in [0.1, 0.15) is 31.4 Å². The number of hydrogen-bond acceptors (Lipinski definition) is 5. The van der Waals surface area contributed by atoms with Gasteiger partial charge in [0, 0.05) is 17.6 Å². The average molecular weight is 416 g/mol. The van der Waals surface area contributed by atoms with Crippen LogP contribution in [0.25, 0.3) is 0 Å². The molecule has 0 bridgehead atoms. The average Bonchev–Trinajstić information content (AvgIpc) is 2.71. The van der Waals surface area contributed by atoms with Gasteiger partial charge in [0.05, 0.1) is 6.61 Å². The van der Waals surface area contributed by atoms with E-state index in [1.165, 1.54) is 0 Å². The zero-order chi connectivity index (χ0) is 21.6. The minimum absolute atomic E-state index is 0.0530. The molecule has 2 aromatic carbocycles. The molecule has 0 aliphatic heterocycles. The Labute approximate surface area is 173 Å². The van der Waals surface area contributed by atoms with Gasteiger partial charge in [0.2, 0.25) is 5.95 Å². The third kappa shape index (κ3) is 5.62. The minimum atomic E-state index is -4.58. The van der Waals surface area contributed by atoms with E-state index in [9.17, 15) is 13.2 Å². The van der Waals surface area contributed by atoms with Crippen molar-refractivity contribution in [2.45, 2.75) is 32.9 Å². The number of anilines is 4. The van der Waals surface area contributed by atoms with Crippen LogP contribution < -0.4 is 15.4 Å². The number of aromatic nitrogens is 2. The Kier molecular flexibility index (Phi) is 6.76. The minimum Gasteiger partial charge on any atom is -0.494 e. The van der Waals surface area contributed by atoms with Crippen LogP contribution in [-0.2, 0) is 12.6 Å². The molecular weight excluding hydrogens is 393 g/mol. The summed E-state index contributed by atoms with van der Waals surface area (Å²) in [5.74, 6) is 0.441. The van der Waals surface area contributed by atoms with Crippen LogP contribution in [0, 0.1) is 0 Å². The maximum Gasteiger partial charge on any atom is 0.421 e. The van der Waals surface area contributed by atoms with Crippen LogP contribution in [0.15, 0.2) is 54.7 Å². The lowest BCUT2D eigenvalue weighted by Gasteiger charge is -2.15. The molecule has 3 rings (SSSR count). The Morgan fingerprint density at radius 2 is 1.53 bits per heavy atom. The molecule has 3 aromatic rings. The molecule has 0 saturated carbocycles. The Morgan fingerprint density at radius 3 is 2.13 bits per heavy atom. The van der Waals surface area contributed by atoms with Crippen molar-refractivity contribution in [2.24, 2.45) is 0 Å². The summed E-state index contributed by atoms with van der Waals surface area (Å²) in [6, 6.07) is 14.3. The maximum absolute atomic E-state index is 13.4. The molecule has 1 heterocycles. The number of ether oxygens (including phenoxy) is 1. The van der Waals surface area contributed by atoms with Crippen LogP contribution in [-0.4, -0.2) is 16.6 Å². The molecule has 0 fully saturated rings. The third-order valence-corrected chi connectivity index (χ3v) is 4.27. The van der Waals surface area contributed by atoms with Crippen molar-refractivity contribution >= 4 is 23.1 Å². The van der Waals surface area contributed by atoms with Gasteiger partial charge in [-0.2, -0.15) is 18.2 Å². The largest absolute Gasteiger partial charge is 0.494 e. The zero-order valence-corrected chi connectivity index (χ0v) is 16.8. The molecule has 0 atom stereocenters. The van der Waals surface area contributed by atoms with Gasteiger partial charge in [-0.15, -0.1) is 0 Å². The van der Waals surface area contributed by atoms with Crippen molar-refractivity contribution in [1.29, 1.82) is 0 Å². The Bertz CT molecular complexity index is 958. The third-order valence-electron chi connectivity index (χ3n) is 4.27. The smallest absolute Gasteiger partial charge is 0.421 e. The number of nitrogens with zero attached hydrogens (tertiary/aromatic N) is 2. The fourth-order valence-electron chi connectivity index (χ4n) is 2.86. The number of halogens is 3. The summed E-state index contributed by atoms with van der Waals surface area (Å²) in [7, 11) is 0. The highest BCUT2D eigenvalue weighted by molar-refractivity contribution is 5.63. The second-order valence-corrected chi connectivity index (χ2v) is 6.61. The van der Waals surface area contributed by atoms with Gasteiger partial charge in [0.25, 0.3) is 0 Å². The van der Waals surface area contributed by atoms with Gasteiger partial charge < -0.3 is 15.4 Å². The molecule has 5 nitrogen and oxygen atoms in total. The highest BCUT2D eigenvalue weighted by atomic mass is 19.4. The molecule has 0 amide bonds. The van der Waals surface area contributed by atoms with E-state index in [1.807, 2.05) is 19.1 Å². The van der Waals surface area contributed by atoms with Crippen LogP contribution in [0.5, 0.6) is 5.75 Å². The summed E-state index contributed by atoms with van der Waals surface area (Å²) in [5, 5.41) is 5.69. The normalized spacial score (nSPS) is 11.2. The summed E-state index contributed by atoms with van der Waals surface area (Å²) in [5.41, 5.74) is 1.34. The first-order valence-corrected chi connectivity index (χ1v) is 9.69. The van der Waals surface area contributed by atoms with Gasteiger partial charge in [-0.05, 0) is 55.3 Å². The van der Waals surface area contributed by atoms with E-state index < -0.39 is 11.7 Å². The summed E-state index contributed by atoms with van der Waals surface area (Å²) in [6.07, 6.45) is -1.89. The lowest BCUT2D eigenvalue weighted by atomic mass is 10.1. The fourth-order valence-corrected chi connectivity index (χ4v) is 2.86. The topological polar surface area (TPSA) is 59.1 Å². The van der Waals surface area contributed by atoms with Crippen LogP contribution in [0.2, 0.25) is 0 Å². The maximum atomic E-state index is 13.4. The number of benzene rings is 2. The molecule has 1 aromatic heterocycles. The Hall–Kier alpha value is -3.29. The highest BCUT2D eigenvalue weighted by Crippen LogP contribution is 2.35. The predicted molar refractivity (Wildman–Crippen MR) is 112 cm³/mol. The van der Waals surface area contributed by atoms with Crippen LogP contribution >= 0.6 is 0 Å². The van der Waals surface area contributed by atoms with Crippen molar-refractivity contribution in [3.05, 3.63) is 65.9 Å². The molecule has 2 N–H and O–H groups in total. The summed E-state index contributed by atoms with van der Waals surface area (Å²) < 4.78 is 45.7. The van der Waals surface area contributed by atoms with E-state index in [2.05, 4.69) is 27.5 Å². The second kappa shape index (κ2) is 9.47. The molecule has 0 aliphatic carbocycles. The zero-order valence-electron chi connectivity index (χ0n) is 16.8. The van der Waals surface area contributed by atoms with Gasteiger partial charge >= 0.3 is 6.18 Å². The quantitative estimate of drug-likeness (QED) is 0.449. The van der Waals surface area contributed by atoms with Crippen molar-refractivity contribution in [1.82, 2.24) is 9.97 Å².